The number of carbonyl (C=O) groups is 2. The van der Waals surface area contributed by atoms with E-state index >= 15 is 0 Å². The number of ketones is 1. The van der Waals surface area contributed by atoms with E-state index in [0.29, 0.717) is 12.3 Å². The Morgan fingerprint density at radius 2 is 1.87 bits per heavy atom. The smallest absolute Gasteiger partial charge is 0.219 e. The zero-order valence-corrected chi connectivity index (χ0v) is 13.9. The number of Topliss-reactive ketones (excluding diaryl/α,β-unsaturated/α-hetero) is 1. The fourth-order valence-electron chi connectivity index (χ4n) is 2.75. The molecule has 0 unspecified atom stereocenters. The van der Waals surface area contributed by atoms with Crippen molar-refractivity contribution in [3.8, 4) is 0 Å². The van der Waals surface area contributed by atoms with E-state index in [1.165, 1.54) is 11.1 Å². The van der Waals surface area contributed by atoms with Gasteiger partial charge in [0.25, 0.3) is 0 Å². The quantitative estimate of drug-likeness (QED) is 0.637. The number of hydrogen-bond donors (Lipinski definition) is 0. The van der Waals surface area contributed by atoms with Gasteiger partial charge in [-0.2, -0.15) is 0 Å². The van der Waals surface area contributed by atoms with Gasteiger partial charge in [0.15, 0.2) is 5.78 Å². The third kappa shape index (κ3) is 3.82. The molecule has 0 radical (unpaired) electrons. The lowest BCUT2D eigenvalue weighted by atomic mass is 10.00. The van der Waals surface area contributed by atoms with Crippen LogP contribution in [0.4, 0.5) is 0 Å². The molecule has 0 aromatic heterocycles. The number of fused-ring (bicyclic) bond motifs is 1. The summed E-state index contributed by atoms with van der Waals surface area (Å²) in [6, 6.07) is 15.7. The van der Waals surface area contributed by atoms with Gasteiger partial charge in [-0.05, 0) is 29.7 Å². The minimum Gasteiger partial charge on any atom is -0.338 e. The largest absolute Gasteiger partial charge is 0.338 e. The van der Waals surface area contributed by atoms with E-state index < -0.39 is 0 Å². The standard InChI is InChI=1S/C19H19NO2S/c1-14(21)20-10-9-15-7-8-18(11-17(15)12-20)23-13-19(22)16-5-3-2-4-6-16/h2-8,11H,9-10,12-13H2,1H3. The van der Waals surface area contributed by atoms with Crippen molar-refractivity contribution in [3.63, 3.8) is 0 Å². The van der Waals surface area contributed by atoms with Crippen molar-refractivity contribution < 1.29 is 9.59 Å². The summed E-state index contributed by atoms with van der Waals surface area (Å²) in [6.45, 7) is 3.08. The van der Waals surface area contributed by atoms with Gasteiger partial charge < -0.3 is 4.90 Å². The number of thioether (sulfide) groups is 1. The molecule has 0 aliphatic carbocycles. The second-order valence-electron chi connectivity index (χ2n) is 5.70. The van der Waals surface area contributed by atoms with Crippen LogP contribution in [0.1, 0.15) is 28.4 Å². The molecule has 0 atom stereocenters. The summed E-state index contributed by atoms with van der Waals surface area (Å²) in [5.41, 5.74) is 3.26. The molecule has 1 amide bonds. The van der Waals surface area contributed by atoms with E-state index in [2.05, 4.69) is 18.2 Å². The average molecular weight is 325 g/mol. The van der Waals surface area contributed by atoms with Gasteiger partial charge in [-0.3, -0.25) is 9.59 Å². The van der Waals surface area contributed by atoms with E-state index in [0.717, 1.165) is 23.4 Å². The number of benzene rings is 2. The normalized spacial score (nSPS) is 13.5. The molecule has 3 nitrogen and oxygen atoms in total. The van der Waals surface area contributed by atoms with E-state index in [1.54, 1.807) is 18.7 Å². The Kier molecular flexibility index (Phi) is 4.82. The molecule has 3 rings (SSSR count). The summed E-state index contributed by atoms with van der Waals surface area (Å²) < 4.78 is 0. The predicted octanol–water partition coefficient (Wildman–Crippen LogP) is 3.57. The molecule has 4 heteroatoms. The van der Waals surface area contributed by atoms with Crippen LogP contribution in [0.25, 0.3) is 0 Å². The van der Waals surface area contributed by atoms with Crippen molar-refractivity contribution in [2.45, 2.75) is 24.8 Å². The maximum Gasteiger partial charge on any atom is 0.219 e. The first-order valence-electron chi connectivity index (χ1n) is 7.72. The zero-order valence-electron chi connectivity index (χ0n) is 13.1. The van der Waals surface area contributed by atoms with E-state index in [1.807, 2.05) is 35.2 Å². The first-order chi connectivity index (χ1) is 11.1. The molecule has 0 saturated carbocycles. The fraction of sp³-hybridized carbons (Fsp3) is 0.263. The number of rotatable bonds is 4. The number of carbonyl (C=O) groups excluding carboxylic acids is 2. The van der Waals surface area contributed by atoms with E-state index in [4.69, 9.17) is 0 Å². The monoisotopic (exact) mass is 325 g/mol. The highest BCUT2D eigenvalue weighted by atomic mass is 32.2. The highest BCUT2D eigenvalue weighted by molar-refractivity contribution is 8.00. The summed E-state index contributed by atoms with van der Waals surface area (Å²) in [4.78, 5) is 26.7. The van der Waals surface area contributed by atoms with Gasteiger partial charge in [0.05, 0.1) is 5.75 Å². The lowest BCUT2D eigenvalue weighted by Crippen LogP contribution is -2.34. The van der Waals surface area contributed by atoms with Gasteiger partial charge in [-0.25, -0.2) is 0 Å². The molecule has 0 N–H and O–H groups in total. The Hall–Kier alpha value is -2.07. The lowest BCUT2D eigenvalue weighted by molar-refractivity contribution is -0.129. The number of amides is 1. The molecule has 0 bridgehead atoms. The van der Waals surface area contributed by atoms with Crippen molar-refractivity contribution in [2.75, 3.05) is 12.3 Å². The maximum atomic E-state index is 12.2. The molecule has 2 aromatic rings. The lowest BCUT2D eigenvalue weighted by Gasteiger charge is -2.28. The second-order valence-corrected chi connectivity index (χ2v) is 6.75. The third-order valence-corrected chi connectivity index (χ3v) is 5.09. The first-order valence-corrected chi connectivity index (χ1v) is 8.70. The Morgan fingerprint density at radius 3 is 2.61 bits per heavy atom. The van der Waals surface area contributed by atoms with Crippen LogP contribution < -0.4 is 0 Å². The third-order valence-electron chi connectivity index (χ3n) is 4.10. The van der Waals surface area contributed by atoms with Gasteiger partial charge in [0, 0.05) is 30.5 Å². The molecule has 0 saturated heterocycles. The molecule has 1 aliphatic rings. The van der Waals surface area contributed by atoms with Crippen LogP contribution in [0.3, 0.4) is 0 Å². The highest BCUT2D eigenvalue weighted by Crippen LogP contribution is 2.26. The van der Waals surface area contributed by atoms with Crippen molar-refractivity contribution >= 4 is 23.5 Å². The van der Waals surface area contributed by atoms with Crippen molar-refractivity contribution in [1.82, 2.24) is 4.90 Å². The minimum atomic E-state index is 0.118. The van der Waals surface area contributed by atoms with Crippen LogP contribution in [0.2, 0.25) is 0 Å². The van der Waals surface area contributed by atoms with Crippen molar-refractivity contribution in [2.24, 2.45) is 0 Å². The van der Waals surface area contributed by atoms with E-state index in [-0.39, 0.29) is 11.7 Å². The van der Waals surface area contributed by atoms with Gasteiger partial charge in [-0.15, -0.1) is 11.8 Å². The van der Waals surface area contributed by atoms with Crippen LogP contribution in [0.15, 0.2) is 53.4 Å². The second kappa shape index (κ2) is 7.01. The van der Waals surface area contributed by atoms with Crippen LogP contribution >= 0.6 is 11.8 Å². The molecule has 0 fully saturated rings. The summed E-state index contributed by atoms with van der Waals surface area (Å²) >= 11 is 1.55. The minimum absolute atomic E-state index is 0.118. The first kappa shape index (κ1) is 15.8. The molecule has 118 valence electrons. The summed E-state index contributed by atoms with van der Waals surface area (Å²) in [5.74, 6) is 0.686. The van der Waals surface area contributed by atoms with Crippen LogP contribution in [0, 0.1) is 0 Å². The average Bonchev–Trinajstić information content (AvgIpc) is 2.59. The summed E-state index contributed by atoms with van der Waals surface area (Å²) in [7, 11) is 0. The topological polar surface area (TPSA) is 37.4 Å². The molecule has 1 aliphatic heterocycles. The Bertz CT molecular complexity index is 727. The fourth-order valence-corrected chi connectivity index (χ4v) is 3.60. The molecular weight excluding hydrogens is 306 g/mol. The van der Waals surface area contributed by atoms with Crippen LogP contribution in [-0.4, -0.2) is 28.9 Å². The number of nitrogens with zero attached hydrogens (tertiary/aromatic N) is 1. The Morgan fingerprint density at radius 1 is 1.09 bits per heavy atom. The molecule has 2 aromatic carbocycles. The molecule has 1 heterocycles. The van der Waals surface area contributed by atoms with E-state index in [9.17, 15) is 9.59 Å². The summed E-state index contributed by atoms with van der Waals surface area (Å²) in [5, 5.41) is 0. The molecule has 0 spiro atoms. The maximum absolute atomic E-state index is 12.2. The predicted molar refractivity (Wildman–Crippen MR) is 92.7 cm³/mol. The SMILES string of the molecule is CC(=O)N1CCc2ccc(SCC(=O)c3ccccc3)cc2C1. The van der Waals surface area contributed by atoms with Gasteiger partial charge in [-0.1, -0.05) is 36.4 Å². The van der Waals surface area contributed by atoms with Gasteiger partial charge in [0.2, 0.25) is 5.91 Å². The zero-order chi connectivity index (χ0) is 16.2. The Labute approximate surface area is 140 Å². The molecular formula is C19H19NO2S. The van der Waals surface area contributed by atoms with Crippen LogP contribution in [0.5, 0.6) is 0 Å². The number of hydrogen-bond acceptors (Lipinski definition) is 3. The summed E-state index contributed by atoms with van der Waals surface area (Å²) in [6.07, 6.45) is 0.906. The molecule has 23 heavy (non-hydrogen) atoms. The van der Waals surface area contributed by atoms with Crippen molar-refractivity contribution in [1.29, 1.82) is 0 Å². The van der Waals surface area contributed by atoms with Crippen molar-refractivity contribution in [3.05, 3.63) is 65.2 Å². The van der Waals surface area contributed by atoms with Gasteiger partial charge in [0.1, 0.15) is 0 Å². The van der Waals surface area contributed by atoms with Gasteiger partial charge >= 0.3 is 0 Å². The highest BCUT2D eigenvalue weighted by Gasteiger charge is 2.18. The van der Waals surface area contributed by atoms with Crippen LogP contribution in [-0.2, 0) is 17.8 Å². The Balaban J connectivity index is 1.67.